The van der Waals surface area contributed by atoms with Gasteiger partial charge in [0.2, 0.25) is 0 Å². The summed E-state index contributed by atoms with van der Waals surface area (Å²) in [6.07, 6.45) is 5.00. The maximum absolute atomic E-state index is 13.0. The van der Waals surface area contributed by atoms with Crippen LogP contribution >= 0.6 is 0 Å². The zero-order chi connectivity index (χ0) is 14.4. The molecule has 0 radical (unpaired) electrons. The predicted molar refractivity (Wildman–Crippen MR) is 74.7 cm³/mol. The summed E-state index contributed by atoms with van der Waals surface area (Å²) in [5, 5.41) is 3.90. The van der Waals surface area contributed by atoms with Gasteiger partial charge in [-0.25, -0.2) is 9.82 Å². The van der Waals surface area contributed by atoms with Crippen LogP contribution in [0.2, 0.25) is 0 Å². The summed E-state index contributed by atoms with van der Waals surface area (Å²) in [4.78, 5) is 11.7. The third-order valence-electron chi connectivity index (χ3n) is 2.45. The van der Waals surface area contributed by atoms with Gasteiger partial charge in [-0.3, -0.25) is 4.79 Å². The van der Waals surface area contributed by atoms with Gasteiger partial charge < -0.3 is 4.42 Å². The first kappa shape index (κ1) is 13.7. The SMILES string of the molecule is CC(/C=C/c1ccco1)=N\NC(=O)c1cccc(F)c1. The van der Waals surface area contributed by atoms with Crippen LogP contribution in [-0.2, 0) is 0 Å². The highest BCUT2D eigenvalue weighted by Gasteiger charge is 2.04. The highest BCUT2D eigenvalue weighted by atomic mass is 19.1. The Balaban J connectivity index is 1.96. The van der Waals surface area contributed by atoms with Crippen LogP contribution in [0.4, 0.5) is 4.39 Å². The van der Waals surface area contributed by atoms with Crippen LogP contribution < -0.4 is 5.43 Å². The number of hydrogen-bond acceptors (Lipinski definition) is 3. The number of halogens is 1. The van der Waals surface area contributed by atoms with Crippen LogP contribution in [-0.4, -0.2) is 11.6 Å². The second-order valence-electron chi connectivity index (χ2n) is 4.05. The lowest BCUT2D eigenvalue weighted by Gasteiger charge is -2.00. The summed E-state index contributed by atoms with van der Waals surface area (Å²) in [7, 11) is 0. The molecular formula is C15H13FN2O2. The number of hydrazone groups is 1. The molecule has 4 nitrogen and oxygen atoms in total. The first-order valence-electron chi connectivity index (χ1n) is 5.97. The largest absolute Gasteiger partial charge is 0.465 e. The number of carbonyl (C=O) groups is 1. The van der Waals surface area contributed by atoms with Gasteiger partial charge in [0.05, 0.1) is 12.0 Å². The first-order valence-corrected chi connectivity index (χ1v) is 5.97. The van der Waals surface area contributed by atoms with E-state index in [1.165, 1.54) is 18.2 Å². The average molecular weight is 272 g/mol. The molecule has 1 N–H and O–H groups in total. The number of nitrogens with one attached hydrogen (secondary N) is 1. The van der Waals surface area contributed by atoms with Gasteiger partial charge in [0.15, 0.2) is 0 Å². The molecule has 0 spiro atoms. The third kappa shape index (κ3) is 3.91. The van der Waals surface area contributed by atoms with Gasteiger partial charge in [0.25, 0.3) is 5.91 Å². The number of allylic oxidation sites excluding steroid dienone is 1. The summed E-state index contributed by atoms with van der Waals surface area (Å²) < 4.78 is 18.1. The second kappa shape index (κ2) is 6.47. The van der Waals surface area contributed by atoms with Gasteiger partial charge in [0, 0.05) is 5.56 Å². The lowest BCUT2D eigenvalue weighted by Crippen LogP contribution is -2.18. The Bertz CT molecular complexity index is 646. The normalized spacial score (nSPS) is 11.8. The van der Waals surface area contributed by atoms with Crippen molar-refractivity contribution in [1.29, 1.82) is 0 Å². The lowest BCUT2D eigenvalue weighted by atomic mass is 10.2. The van der Waals surface area contributed by atoms with Gasteiger partial charge in [0.1, 0.15) is 11.6 Å². The van der Waals surface area contributed by atoms with Crippen molar-refractivity contribution < 1.29 is 13.6 Å². The zero-order valence-electron chi connectivity index (χ0n) is 10.8. The van der Waals surface area contributed by atoms with E-state index in [4.69, 9.17) is 4.42 Å². The van der Waals surface area contributed by atoms with Crippen LogP contribution in [0.1, 0.15) is 23.0 Å². The number of furan rings is 1. The number of carbonyl (C=O) groups excluding carboxylic acids is 1. The summed E-state index contributed by atoms with van der Waals surface area (Å²) in [5.74, 6) is -0.234. The van der Waals surface area contributed by atoms with E-state index < -0.39 is 11.7 Å². The van der Waals surface area contributed by atoms with E-state index >= 15 is 0 Å². The van der Waals surface area contributed by atoms with E-state index in [1.807, 2.05) is 0 Å². The van der Waals surface area contributed by atoms with Crippen molar-refractivity contribution >= 4 is 17.7 Å². The molecule has 5 heteroatoms. The molecule has 1 heterocycles. The molecule has 0 bridgehead atoms. The van der Waals surface area contributed by atoms with Crippen molar-refractivity contribution in [3.8, 4) is 0 Å². The predicted octanol–water partition coefficient (Wildman–Crippen LogP) is 3.24. The molecule has 2 rings (SSSR count). The molecule has 1 aromatic heterocycles. The average Bonchev–Trinajstić information content (AvgIpc) is 2.95. The van der Waals surface area contributed by atoms with E-state index in [0.717, 1.165) is 6.07 Å². The minimum atomic E-state index is -0.463. The van der Waals surface area contributed by atoms with Crippen LogP contribution in [0.5, 0.6) is 0 Å². The first-order chi connectivity index (χ1) is 9.65. The van der Waals surface area contributed by atoms with Gasteiger partial charge in [-0.1, -0.05) is 6.07 Å². The summed E-state index contributed by atoms with van der Waals surface area (Å²) in [6, 6.07) is 8.99. The van der Waals surface area contributed by atoms with Crippen molar-refractivity contribution in [3.63, 3.8) is 0 Å². The minimum absolute atomic E-state index is 0.219. The smallest absolute Gasteiger partial charge is 0.271 e. The van der Waals surface area contributed by atoms with Gasteiger partial charge in [-0.2, -0.15) is 5.10 Å². The molecule has 20 heavy (non-hydrogen) atoms. The van der Waals surface area contributed by atoms with E-state index in [9.17, 15) is 9.18 Å². The molecule has 0 atom stereocenters. The van der Waals surface area contributed by atoms with Crippen molar-refractivity contribution in [2.45, 2.75) is 6.92 Å². The second-order valence-corrected chi connectivity index (χ2v) is 4.05. The molecule has 0 saturated heterocycles. The summed E-state index contributed by atoms with van der Waals surface area (Å²) in [6.45, 7) is 1.73. The Hall–Kier alpha value is -2.69. The fourth-order valence-corrected chi connectivity index (χ4v) is 1.46. The van der Waals surface area contributed by atoms with Crippen LogP contribution in [0.3, 0.4) is 0 Å². The number of hydrogen-bond donors (Lipinski definition) is 1. The molecule has 0 aliphatic heterocycles. The van der Waals surface area contributed by atoms with E-state index in [2.05, 4.69) is 10.5 Å². The van der Waals surface area contributed by atoms with Crippen LogP contribution in [0.25, 0.3) is 6.08 Å². The van der Waals surface area contributed by atoms with Gasteiger partial charge in [-0.05, 0) is 49.4 Å². The number of rotatable bonds is 4. The molecule has 1 aromatic carbocycles. The lowest BCUT2D eigenvalue weighted by molar-refractivity contribution is 0.0954. The summed E-state index contributed by atoms with van der Waals surface area (Å²) >= 11 is 0. The Morgan fingerprint density at radius 3 is 2.90 bits per heavy atom. The van der Waals surface area contributed by atoms with Crippen LogP contribution in [0, 0.1) is 5.82 Å². The summed E-state index contributed by atoms with van der Waals surface area (Å²) in [5.41, 5.74) is 3.16. The monoisotopic (exact) mass is 272 g/mol. The fraction of sp³-hybridized carbons (Fsp3) is 0.0667. The quantitative estimate of drug-likeness (QED) is 0.686. The van der Waals surface area contributed by atoms with Gasteiger partial charge in [-0.15, -0.1) is 0 Å². The van der Waals surface area contributed by atoms with Crippen molar-refractivity contribution in [2.24, 2.45) is 5.10 Å². The van der Waals surface area contributed by atoms with E-state index in [1.54, 1.807) is 37.5 Å². The zero-order valence-corrected chi connectivity index (χ0v) is 10.8. The molecule has 0 unspecified atom stereocenters. The topological polar surface area (TPSA) is 54.6 Å². The van der Waals surface area contributed by atoms with Crippen molar-refractivity contribution in [1.82, 2.24) is 5.43 Å². The minimum Gasteiger partial charge on any atom is -0.465 e. The van der Waals surface area contributed by atoms with Crippen LogP contribution in [0.15, 0.2) is 58.3 Å². The maximum Gasteiger partial charge on any atom is 0.271 e. The third-order valence-corrected chi connectivity index (χ3v) is 2.45. The number of nitrogens with zero attached hydrogens (tertiary/aromatic N) is 1. The number of amides is 1. The molecular weight excluding hydrogens is 259 g/mol. The van der Waals surface area contributed by atoms with E-state index in [0.29, 0.717) is 11.5 Å². The molecule has 102 valence electrons. The molecule has 0 saturated carbocycles. The van der Waals surface area contributed by atoms with Crippen molar-refractivity contribution in [3.05, 3.63) is 65.9 Å². The highest BCUT2D eigenvalue weighted by Crippen LogP contribution is 2.04. The number of benzene rings is 1. The molecule has 0 aliphatic rings. The fourth-order valence-electron chi connectivity index (χ4n) is 1.46. The Morgan fingerprint density at radius 1 is 1.35 bits per heavy atom. The standard InChI is InChI=1S/C15H13FN2O2/c1-11(7-8-14-6-3-9-20-14)17-18-15(19)12-4-2-5-13(16)10-12/h2-10H,1H3,(H,18,19)/b8-7+,17-11+. The van der Waals surface area contributed by atoms with Gasteiger partial charge >= 0.3 is 0 Å². The molecule has 0 aliphatic carbocycles. The highest BCUT2D eigenvalue weighted by molar-refractivity contribution is 5.99. The Labute approximate surface area is 115 Å². The van der Waals surface area contributed by atoms with E-state index in [-0.39, 0.29) is 5.56 Å². The molecule has 0 fully saturated rings. The maximum atomic E-state index is 13.0. The molecule has 2 aromatic rings. The Morgan fingerprint density at radius 2 is 2.20 bits per heavy atom. The Kier molecular flexibility index (Phi) is 4.44. The molecule has 1 amide bonds. The van der Waals surface area contributed by atoms with Crippen molar-refractivity contribution in [2.75, 3.05) is 0 Å².